The molecule has 0 aromatic carbocycles. The minimum absolute atomic E-state index is 0.101. The number of hydrogen-bond acceptors (Lipinski definition) is 2. The molecular formula is C16H26N2O2. The van der Waals surface area contributed by atoms with Crippen molar-refractivity contribution in [1.29, 1.82) is 0 Å². The maximum Gasteiger partial charge on any atom is 0.245 e. The Morgan fingerprint density at radius 2 is 1.80 bits per heavy atom. The van der Waals surface area contributed by atoms with Gasteiger partial charge in [0.2, 0.25) is 11.8 Å². The highest BCUT2D eigenvalue weighted by Crippen LogP contribution is 2.35. The molecule has 112 valence electrons. The average Bonchev–Trinajstić information content (AvgIpc) is 3.27. The normalized spacial score (nSPS) is 32.4. The summed E-state index contributed by atoms with van der Waals surface area (Å²) in [5.41, 5.74) is 0. The number of nitrogens with zero attached hydrogens (tertiary/aromatic N) is 1. The Balaban J connectivity index is 1.79. The standard InChI is InChI=1S/C16H26N2O2/c1-2-13-16(20)18(10-11-8-9-11)14(15(19)17-13)12-6-4-3-5-7-12/h11-14H,2-10H2,1H3,(H,17,19). The van der Waals surface area contributed by atoms with E-state index in [-0.39, 0.29) is 23.9 Å². The second-order valence-corrected chi connectivity index (χ2v) is 6.75. The maximum absolute atomic E-state index is 12.6. The van der Waals surface area contributed by atoms with Gasteiger partial charge in [0.1, 0.15) is 12.1 Å². The van der Waals surface area contributed by atoms with Crippen molar-refractivity contribution < 1.29 is 9.59 Å². The molecule has 3 rings (SSSR count). The van der Waals surface area contributed by atoms with Gasteiger partial charge in [-0.05, 0) is 43.9 Å². The monoisotopic (exact) mass is 278 g/mol. The van der Waals surface area contributed by atoms with Gasteiger partial charge in [-0.1, -0.05) is 26.2 Å². The van der Waals surface area contributed by atoms with Crippen molar-refractivity contribution in [3.8, 4) is 0 Å². The van der Waals surface area contributed by atoms with Gasteiger partial charge < -0.3 is 10.2 Å². The van der Waals surface area contributed by atoms with Crippen molar-refractivity contribution in [3.63, 3.8) is 0 Å². The second-order valence-electron chi connectivity index (χ2n) is 6.75. The molecule has 1 saturated heterocycles. The molecular weight excluding hydrogens is 252 g/mol. The molecule has 0 spiro atoms. The summed E-state index contributed by atoms with van der Waals surface area (Å²) < 4.78 is 0. The van der Waals surface area contributed by atoms with Gasteiger partial charge in [0.05, 0.1) is 0 Å². The lowest BCUT2D eigenvalue weighted by Gasteiger charge is -2.43. The molecule has 0 aromatic heterocycles. The predicted molar refractivity (Wildman–Crippen MR) is 77.0 cm³/mol. The number of carbonyl (C=O) groups excluding carboxylic acids is 2. The lowest BCUT2D eigenvalue weighted by atomic mass is 9.81. The number of carbonyl (C=O) groups is 2. The SMILES string of the molecule is CCC1NC(=O)C(C2CCCCC2)N(CC2CC2)C1=O. The summed E-state index contributed by atoms with van der Waals surface area (Å²) >= 11 is 0. The Morgan fingerprint density at radius 3 is 2.40 bits per heavy atom. The highest BCUT2D eigenvalue weighted by molar-refractivity contribution is 5.97. The molecule has 1 N–H and O–H groups in total. The Bertz CT molecular complexity index is 386. The summed E-state index contributed by atoms with van der Waals surface area (Å²) in [5.74, 6) is 1.29. The molecule has 3 aliphatic rings. The zero-order valence-electron chi connectivity index (χ0n) is 12.4. The van der Waals surface area contributed by atoms with Gasteiger partial charge in [-0.15, -0.1) is 0 Å². The van der Waals surface area contributed by atoms with Gasteiger partial charge in [0.15, 0.2) is 0 Å². The molecule has 2 amide bonds. The van der Waals surface area contributed by atoms with Crippen LogP contribution in [0.15, 0.2) is 0 Å². The van der Waals surface area contributed by atoms with E-state index in [0.717, 1.165) is 19.4 Å². The van der Waals surface area contributed by atoms with E-state index in [1.54, 1.807) is 0 Å². The van der Waals surface area contributed by atoms with Gasteiger partial charge in [0.25, 0.3) is 0 Å². The van der Waals surface area contributed by atoms with Gasteiger partial charge in [-0.3, -0.25) is 9.59 Å². The second kappa shape index (κ2) is 5.74. The van der Waals surface area contributed by atoms with Crippen LogP contribution in [-0.2, 0) is 9.59 Å². The smallest absolute Gasteiger partial charge is 0.245 e. The van der Waals surface area contributed by atoms with Crippen LogP contribution in [0.1, 0.15) is 58.3 Å². The zero-order valence-corrected chi connectivity index (χ0v) is 12.4. The van der Waals surface area contributed by atoms with Crippen LogP contribution >= 0.6 is 0 Å². The van der Waals surface area contributed by atoms with Gasteiger partial charge >= 0.3 is 0 Å². The van der Waals surface area contributed by atoms with Crippen LogP contribution in [0.2, 0.25) is 0 Å². The van der Waals surface area contributed by atoms with E-state index in [0.29, 0.717) is 18.3 Å². The van der Waals surface area contributed by atoms with Crippen LogP contribution < -0.4 is 5.32 Å². The van der Waals surface area contributed by atoms with Crippen molar-refractivity contribution in [1.82, 2.24) is 10.2 Å². The zero-order chi connectivity index (χ0) is 14.1. The van der Waals surface area contributed by atoms with E-state index < -0.39 is 0 Å². The van der Waals surface area contributed by atoms with E-state index >= 15 is 0 Å². The highest BCUT2D eigenvalue weighted by Gasteiger charge is 2.45. The number of piperazine rings is 1. The first-order chi connectivity index (χ1) is 9.70. The summed E-state index contributed by atoms with van der Waals surface area (Å²) in [6.07, 6.45) is 9.03. The van der Waals surface area contributed by atoms with Gasteiger partial charge in [-0.25, -0.2) is 0 Å². The molecule has 1 aliphatic heterocycles. The van der Waals surface area contributed by atoms with Crippen LogP contribution in [0.25, 0.3) is 0 Å². The molecule has 1 heterocycles. The molecule has 2 aliphatic carbocycles. The summed E-state index contributed by atoms with van der Waals surface area (Å²) in [6, 6.07) is -0.479. The van der Waals surface area contributed by atoms with Crippen LogP contribution in [-0.4, -0.2) is 35.3 Å². The number of hydrogen-bond donors (Lipinski definition) is 1. The third-order valence-electron chi connectivity index (χ3n) is 5.16. The number of nitrogens with one attached hydrogen (secondary N) is 1. The first-order valence-electron chi connectivity index (χ1n) is 8.31. The first-order valence-corrected chi connectivity index (χ1v) is 8.31. The lowest BCUT2D eigenvalue weighted by Crippen LogP contribution is -2.65. The van der Waals surface area contributed by atoms with Crippen molar-refractivity contribution >= 4 is 11.8 Å². The molecule has 4 heteroatoms. The third-order valence-corrected chi connectivity index (χ3v) is 5.16. The van der Waals surface area contributed by atoms with E-state index in [1.165, 1.54) is 32.1 Å². The Labute approximate surface area is 121 Å². The van der Waals surface area contributed by atoms with Crippen LogP contribution in [0.5, 0.6) is 0 Å². The molecule has 3 fully saturated rings. The minimum atomic E-state index is -0.291. The van der Waals surface area contributed by atoms with Gasteiger partial charge in [-0.2, -0.15) is 0 Å². The number of amides is 2. The van der Waals surface area contributed by atoms with Gasteiger partial charge in [0, 0.05) is 6.54 Å². The maximum atomic E-state index is 12.6. The molecule has 2 atom stereocenters. The minimum Gasteiger partial charge on any atom is -0.343 e. The van der Waals surface area contributed by atoms with E-state index in [1.807, 2.05) is 11.8 Å². The predicted octanol–water partition coefficient (Wildman–Crippen LogP) is 2.08. The fourth-order valence-electron chi connectivity index (χ4n) is 3.77. The number of rotatable bonds is 4. The Hall–Kier alpha value is -1.06. The molecule has 20 heavy (non-hydrogen) atoms. The van der Waals surface area contributed by atoms with Crippen LogP contribution in [0.4, 0.5) is 0 Å². The van der Waals surface area contributed by atoms with Crippen LogP contribution in [0, 0.1) is 11.8 Å². The summed E-state index contributed by atoms with van der Waals surface area (Å²) in [5, 5.41) is 2.96. The molecule has 0 bridgehead atoms. The fourth-order valence-corrected chi connectivity index (χ4v) is 3.77. The fraction of sp³-hybridized carbons (Fsp3) is 0.875. The van der Waals surface area contributed by atoms with Crippen LogP contribution in [0.3, 0.4) is 0 Å². The average molecular weight is 278 g/mol. The Morgan fingerprint density at radius 1 is 1.10 bits per heavy atom. The molecule has 0 aromatic rings. The van der Waals surface area contributed by atoms with E-state index in [9.17, 15) is 9.59 Å². The molecule has 2 unspecified atom stereocenters. The first kappa shape index (κ1) is 13.9. The van der Waals surface area contributed by atoms with Crippen molar-refractivity contribution in [2.45, 2.75) is 70.4 Å². The van der Waals surface area contributed by atoms with Crippen molar-refractivity contribution in [2.24, 2.45) is 11.8 Å². The third kappa shape index (κ3) is 2.70. The summed E-state index contributed by atoms with van der Waals surface area (Å²) in [6.45, 7) is 2.78. The molecule has 4 nitrogen and oxygen atoms in total. The largest absolute Gasteiger partial charge is 0.343 e. The van der Waals surface area contributed by atoms with E-state index in [4.69, 9.17) is 0 Å². The quantitative estimate of drug-likeness (QED) is 0.856. The topological polar surface area (TPSA) is 49.4 Å². The summed E-state index contributed by atoms with van der Waals surface area (Å²) in [4.78, 5) is 27.1. The molecule has 2 saturated carbocycles. The highest BCUT2D eigenvalue weighted by atomic mass is 16.2. The lowest BCUT2D eigenvalue weighted by molar-refractivity contribution is -0.152. The Kier molecular flexibility index (Phi) is 3.99. The van der Waals surface area contributed by atoms with Crippen molar-refractivity contribution in [3.05, 3.63) is 0 Å². The summed E-state index contributed by atoms with van der Waals surface area (Å²) in [7, 11) is 0. The van der Waals surface area contributed by atoms with Crippen molar-refractivity contribution in [2.75, 3.05) is 6.54 Å². The molecule has 0 radical (unpaired) electrons. The van der Waals surface area contributed by atoms with E-state index in [2.05, 4.69) is 5.32 Å².